The van der Waals surface area contributed by atoms with Gasteiger partial charge in [0.25, 0.3) is 11.5 Å². The van der Waals surface area contributed by atoms with E-state index in [1.54, 1.807) is 36.9 Å². The van der Waals surface area contributed by atoms with Crippen molar-refractivity contribution >= 4 is 5.91 Å². The fourth-order valence-corrected chi connectivity index (χ4v) is 3.36. The molecule has 0 saturated carbocycles. The molecule has 3 aromatic rings. The first-order valence-corrected chi connectivity index (χ1v) is 8.91. The summed E-state index contributed by atoms with van der Waals surface area (Å²) in [6, 6.07) is 8.73. The molecule has 4 rings (SSSR count). The average molecular weight is 361 g/mol. The van der Waals surface area contributed by atoms with Gasteiger partial charge in [-0.1, -0.05) is 0 Å². The van der Waals surface area contributed by atoms with Gasteiger partial charge < -0.3 is 9.88 Å². The van der Waals surface area contributed by atoms with Crippen molar-refractivity contribution in [3.8, 4) is 11.3 Å². The number of hydrogen-bond acceptors (Lipinski definition) is 5. The molecule has 0 aliphatic carbocycles. The zero-order valence-corrected chi connectivity index (χ0v) is 14.7. The van der Waals surface area contributed by atoms with E-state index in [-0.39, 0.29) is 17.4 Å². The molecule has 0 radical (unpaired) electrons. The van der Waals surface area contributed by atoms with E-state index in [2.05, 4.69) is 19.9 Å². The predicted molar refractivity (Wildman–Crippen MR) is 100 cm³/mol. The molecule has 1 fully saturated rings. The van der Waals surface area contributed by atoms with Gasteiger partial charge in [0.1, 0.15) is 5.82 Å². The number of pyridine rings is 2. The van der Waals surface area contributed by atoms with Gasteiger partial charge in [-0.2, -0.15) is 0 Å². The molecule has 7 nitrogen and oxygen atoms in total. The molecule has 1 aliphatic rings. The third-order valence-corrected chi connectivity index (χ3v) is 4.79. The molecule has 0 spiro atoms. The average Bonchev–Trinajstić information content (AvgIpc) is 2.74. The highest BCUT2D eigenvalue weighted by molar-refractivity contribution is 5.93. The van der Waals surface area contributed by atoms with Gasteiger partial charge in [0.05, 0.1) is 11.3 Å². The molecule has 1 aliphatic heterocycles. The highest BCUT2D eigenvalue weighted by atomic mass is 16.2. The van der Waals surface area contributed by atoms with E-state index in [1.807, 2.05) is 17.0 Å². The Kier molecular flexibility index (Phi) is 4.74. The molecular formula is C20H19N5O2. The van der Waals surface area contributed by atoms with Crippen LogP contribution in [0.3, 0.4) is 0 Å². The minimum atomic E-state index is -0.173. The molecule has 1 amide bonds. The van der Waals surface area contributed by atoms with Crippen molar-refractivity contribution in [3.63, 3.8) is 0 Å². The largest absolute Gasteiger partial charge is 0.339 e. The lowest BCUT2D eigenvalue weighted by molar-refractivity contribution is 0.0710. The Hall–Kier alpha value is -3.35. The van der Waals surface area contributed by atoms with Crippen molar-refractivity contribution in [1.82, 2.24) is 24.8 Å². The number of likely N-dealkylation sites (tertiary alicyclic amines) is 1. The molecule has 0 aromatic carbocycles. The molecule has 27 heavy (non-hydrogen) atoms. The number of aromatic amines is 1. The summed E-state index contributed by atoms with van der Waals surface area (Å²) >= 11 is 0. The summed E-state index contributed by atoms with van der Waals surface area (Å²) < 4.78 is 0. The van der Waals surface area contributed by atoms with Crippen LogP contribution < -0.4 is 5.56 Å². The van der Waals surface area contributed by atoms with Gasteiger partial charge in [-0.05, 0) is 37.1 Å². The van der Waals surface area contributed by atoms with Crippen molar-refractivity contribution in [2.45, 2.75) is 18.8 Å². The molecule has 0 atom stereocenters. The van der Waals surface area contributed by atoms with E-state index in [0.29, 0.717) is 30.2 Å². The van der Waals surface area contributed by atoms with Crippen LogP contribution in [0, 0.1) is 0 Å². The number of aromatic nitrogens is 4. The number of rotatable bonds is 3. The monoisotopic (exact) mass is 361 g/mol. The zero-order chi connectivity index (χ0) is 18.6. The van der Waals surface area contributed by atoms with Crippen LogP contribution in [0.15, 0.2) is 59.9 Å². The summed E-state index contributed by atoms with van der Waals surface area (Å²) in [6.07, 6.45) is 8.13. The van der Waals surface area contributed by atoms with Crippen LogP contribution in [0.1, 0.15) is 34.9 Å². The molecule has 7 heteroatoms. The maximum Gasteiger partial charge on any atom is 0.255 e. The first kappa shape index (κ1) is 17.1. The van der Waals surface area contributed by atoms with Gasteiger partial charge in [-0.25, -0.2) is 4.98 Å². The lowest BCUT2D eigenvalue weighted by Gasteiger charge is -2.31. The van der Waals surface area contributed by atoms with E-state index in [4.69, 9.17) is 0 Å². The minimum Gasteiger partial charge on any atom is -0.339 e. The summed E-state index contributed by atoms with van der Waals surface area (Å²) in [4.78, 5) is 42.1. The highest BCUT2D eigenvalue weighted by Gasteiger charge is 2.26. The normalized spacial score (nSPS) is 14.9. The van der Waals surface area contributed by atoms with Gasteiger partial charge in [0, 0.05) is 55.4 Å². The summed E-state index contributed by atoms with van der Waals surface area (Å²) in [5.41, 5.74) is 1.86. The summed E-state index contributed by atoms with van der Waals surface area (Å²) in [6.45, 7) is 1.25. The van der Waals surface area contributed by atoms with Gasteiger partial charge >= 0.3 is 0 Å². The quantitative estimate of drug-likeness (QED) is 0.772. The number of nitrogens with zero attached hydrogens (tertiary/aromatic N) is 4. The third-order valence-electron chi connectivity index (χ3n) is 4.79. The number of amides is 1. The SMILES string of the molecule is O=C(c1cccnc1)N1CCC(c2nc(-c3cccnc3)cc(=O)[nH]2)CC1. The molecule has 1 saturated heterocycles. The highest BCUT2D eigenvalue weighted by Crippen LogP contribution is 2.27. The van der Waals surface area contributed by atoms with E-state index in [0.717, 1.165) is 18.4 Å². The Bertz CT molecular complexity index is 980. The summed E-state index contributed by atoms with van der Waals surface area (Å²) in [7, 11) is 0. The topological polar surface area (TPSA) is 91.8 Å². The molecule has 0 unspecified atom stereocenters. The molecule has 1 N–H and O–H groups in total. The number of H-pyrrole nitrogens is 1. The van der Waals surface area contributed by atoms with E-state index in [1.165, 1.54) is 6.07 Å². The van der Waals surface area contributed by atoms with Gasteiger partial charge in [0.2, 0.25) is 0 Å². The van der Waals surface area contributed by atoms with Crippen LogP contribution in [0.2, 0.25) is 0 Å². The van der Waals surface area contributed by atoms with Crippen molar-refractivity contribution < 1.29 is 4.79 Å². The molecular weight excluding hydrogens is 342 g/mol. The third kappa shape index (κ3) is 3.76. The minimum absolute atomic E-state index is 0.00730. The summed E-state index contributed by atoms with van der Waals surface area (Å²) in [5.74, 6) is 0.786. The second-order valence-electron chi connectivity index (χ2n) is 6.57. The molecule has 0 bridgehead atoms. The fourth-order valence-electron chi connectivity index (χ4n) is 3.36. The van der Waals surface area contributed by atoms with Crippen LogP contribution >= 0.6 is 0 Å². The van der Waals surface area contributed by atoms with Crippen molar-refractivity contribution in [2.75, 3.05) is 13.1 Å². The standard InChI is InChI=1S/C20H19N5O2/c26-18-11-17(15-3-1-7-21-12-15)23-19(24-18)14-5-9-25(10-6-14)20(27)16-4-2-8-22-13-16/h1-4,7-8,11-14H,5-6,9-10H2,(H,23,24,26). The van der Waals surface area contributed by atoms with Gasteiger partial charge in [-0.15, -0.1) is 0 Å². The molecule has 4 heterocycles. The Labute approximate surface area is 156 Å². The smallest absolute Gasteiger partial charge is 0.255 e. The van der Waals surface area contributed by atoms with Crippen LogP contribution in [0.25, 0.3) is 11.3 Å². The number of piperidine rings is 1. The van der Waals surface area contributed by atoms with Crippen LogP contribution in [-0.2, 0) is 0 Å². The van der Waals surface area contributed by atoms with Crippen LogP contribution in [-0.4, -0.2) is 43.8 Å². The van der Waals surface area contributed by atoms with E-state index >= 15 is 0 Å². The number of nitrogens with one attached hydrogen (secondary N) is 1. The van der Waals surface area contributed by atoms with Crippen LogP contribution in [0.5, 0.6) is 0 Å². The second kappa shape index (κ2) is 7.49. The zero-order valence-electron chi connectivity index (χ0n) is 14.7. The maximum absolute atomic E-state index is 12.5. The Morgan fingerprint density at radius 1 is 1.07 bits per heavy atom. The number of carbonyl (C=O) groups is 1. The number of hydrogen-bond donors (Lipinski definition) is 1. The first-order chi connectivity index (χ1) is 13.2. The van der Waals surface area contributed by atoms with E-state index < -0.39 is 0 Å². The lowest BCUT2D eigenvalue weighted by atomic mass is 9.95. The number of carbonyl (C=O) groups excluding carboxylic acids is 1. The fraction of sp³-hybridized carbons (Fsp3) is 0.250. The first-order valence-electron chi connectivity index (χ1n) is 8.91. The van der Waals surface area contributed by atoms with Crippen molar-refractivity contribution in [1.29, 1.82) is 0 Å². The Morgan fingerprint density at radius 2 is 1.81 bits per heavy atom. The molecule has 136 valence electrons. The summed E-state index contributed by atoms with van der Waals surface area (Å²) in [5, 5.41) is 0. The van der Waals surface area contributed by atoms with Gasteiger partial charge in [0.15, 0.2) is 0 Å². The second-order valence-corrected chi connectivity index (χ2v) is 6.57. The maximum atomic E-state index is 12.5. The Morgan fingerprint density at radius 3 is 2.48 bits per heavy atom. The predicted octanol–water partition coefficient (Wildman–Crippen LogP) is 2.25. The van der Waals surface area contributed by atoms with Crippen LogP contribution in [0.4, 0.5) is 0 Å². The van der Waals surface area contributed by atoms with Crippen molar-refractivity contribution in [2.24, 2.45) is 0 Å². The molecule has 3 aromatic heterocycles. The van der Waals surface area contributed by atoms with Gasteiger partial charge in [-0.3, -0.25) is 19.6 Å². The van der Waals surface area contributed by atoms with Crippen molar-refractivity contribution in [3.05, 3.63) is 76.9 Å². The van der Waals surface area contributed by atoms with E-state index in [9.17, 15) is 9.59 Å². The lowest BCUT2D eigenvalue weighted by Crippen LogP contribution is -2.38. The Balaban J connectivity index is 1.49.